The quantitative estimate of drug-likeness (QED) is 0.731. The third-order valence-corrected chi connectivity index (χ3v) is 3.05. The molecule has 1 aromatic rings. The molecule has 1 aliphatic heterocycles. The average Bonchev–Trinajstić information content (AvgIpc) is 2.52. The number of pyridine rings is 1. The van der Waals surface area contributed by atoms with Crippen molar-refractivity contribution in [2.24, 2.45) is 0 Å². The van der Waals surface area contributed by atoms with Gasteiger partial charge in [-0.2, -0.15) is 0 Å². The summed E-state index contributed by atoms with van der Waals surface area (Å²) in [5.74, 6) is 0. The van der Waals surface area contributed by atoms with Crippen LogP contribution in [0.1, 0.15) is 30.0 Å². The minimum absolute atomic E-state index is 0.00750. The Morgan fingerprint density at radius 1 is 1.57 bits per heavy atom. The number of aromatic nitrogens is 1. The minimum Gasteiger partial charge on any atom is -0.329 e. The summed E-state index contributed by atoms with van der Waals surface area (Å²) in [5, 5.41) is 0. The Morgan fingerprint density at radius 3 is 2.93 bits per heavy atom. The molecule has 0 radical (unpaired) electrons. The topological polar surface area (TPSA) is 36.1 Å². The summed E-state index contributed by atoms with van der Waals surface area (Å²) in [5.41, 5.74) is 2.36. The largest absolute Gasteiger partial charge is 0.329 e. The van der Waals surface area contributed by atoms with Gasteiger partial charge in [-0.25, -0.2) is 0 Å². The van der Waals surface area contributed by atoms with Crippen molar-refractivity contribution in [2.45, 2.75) is 25.8 Å². The van der Waals surface area contributed by atoms with Crippen molar-refractivity contribution in [1.29, 1.82) is 0 Å². The zero-order valence-electron chi connectivity index (χ0n) is 8.71. The summed E-state index contributed by atoms with van der Waals surface area (Å²) in [6.07, 6.45) is 4.31. The molecule has 14 heavy (non-hydrogen) atoms. The summed E-state index contributed by atoms with van der Waals surface area (Å²) in [4.78, 5) is 16.2. The fourth-order valence-electron chi connectivity index (χ4n) is 2.25. The minimum atomic E-state index is -0.00750. The molecule has 1 atom stereocenters. The maximum absolute atomic E-state index is 11.1. The lowest BCUT2D eigenvalue weighted by atomic mass is 10.0. The molecule has 1 unspecified atom stereocenters. The molecule has 1 fully saturated rings. The van der Waals surface area contributed by atoms with Gasteiger partial charge < -0.3 is 4.98 Å². The predicted octanol–water partition coefficient (Wildman–Crippen LogP) is 1.45. The number of rotatable bonds is 1. The van der Waals surface area contributed by atoms with Gasteiger partial charge in [-0.05, 0) is 44.5 Å². The van der Waals surface area contributed by atoms with Crippen molar-refractivity contribution in [2.75, 3.05) is 13.6 Å². The maximum atomic E-state index is 11.1. The van der Waals surface area contributed by atoms with Gasteiger partial charge in [-0.3, -0.25) is 9.69 Å². The van der Waals surface area contributed by atoms with Crippen LogP contribution in [0.25, 0.3) is 0 Å². The van der Waals surface area contributed by atoms with Gasteiger partial charge in [-0.15, -0.1) is 0 Å². The highest BCUT2D eigenvalue weighted by Gasteiger charge is 2.23. The number of nitrogens with zero attached hydrogens (tertiary/aromatic N) is 1. The fourth-order valence-corrected chi connectivity index (χ4v) is 2.25. The lowest BCUT2D eigenvalue weighted by molar-refractivity contribution is 0.316. The number of hydrogen-bond donors (Lipinski definition) is 1. The monoisotopic (exact) mass is 192 g/mol. The second-order valence-electron chi connectivity index (χ2n) is 4.07. The van der Waals surface area contributed by atoms with E-state index >= 15 is 0 Å². The molecular formula is C11H16N2O. The predicted molar refractivity (Wildman–Crippen MR) is 56.4 cm³/mol. The molecule has 1 aromatic heterocycles. The van der Waals surface area contributed by atoms with Gasteiger partial charge in [0.05, 0.1) is 0 Å². The Bertz CT molecular complexity index is 383. The Morgan fingerprint density at radius 2 is 2.36 bits per heavy atom. The van der Waals surface area contributed by atoms with E-state index in [0.717, 1.165) is 12.1 Å². The molecule has 3 nitrogen and oxygen atoms in total. The normalized spacial score (nSPS) is 22.9. The molecule has 2 heterocycles. The highest BCUT2D eigenvalue weighted by molar-refractivity contribution is 5.25. The van der Waals surface area contributed by atoms with Gasteiger partial charge in [0.2, 0.25) is 5.56 Å². The van der Waals surface area contributed by atoms with E-state index in [9.17, 15) is 4.79 Å². The molecule has 0 saturated carbocycles. The Balaban J connectivity index is 2.36. The van der Waals surface area contributed by atoms with Crippen LogP contribution in [0.4, 0.5) is 0 Å². The van der Waals surface area contributed by atoms with Crippen LogP contribution >= 0.6 is 0 Å². The van der Waals surface area contributed by atoms with Crippen LogP contribution in [-0.2, 0) is 0 Å². The van der Waals surface area contributed by atoms with Crippen LogP contribution in [0.5, 0.6) is 0 Å². The molecule has 0 spiro atoms. The first-order valence-corrected chi connectivity index (χ1v) is 5.08. The molecule has 1 saturated heterocycles. The second kappa shape index (κ2) is 3.58. The SMILES string of the molecule is Cc1cc(=O)[nH]cc1C1CCCN1C. The van der Waals surface area contributed by atoms with Gasteiger partial charge in [0, 0.05) is 18.3 Å². The maximum Gasteiger partial charge on any atom is 0.248 e. The van der Waals surface area contributed by atoms with Crippen molar-refractivity contribution in [1.82, 2.24) is 9.88 Å². The molecule has 76 valence electrons. The molecule has 2 rings (SSSR count). The van der Waals surface area contributed by atoms with Crippen molar-refractivity contribution in [3.63, 3.8) is 0 Å². The van der Waals surface area contributed by atoms with E-state index in [1.54, 1.807) is 6.07 Å². The van der Waals surface area contributed by atoms with E-state index in [4.69, 9.17) is 0 Å². The smallest absolute Gasteiger partial charge is 0.248 e. The van der Waals surface area contributed by atoms with E-state index in [-0.39, 0.29) is 5.56 Å². The number of aromatic amines is 1. The van der Waals surface area contributed by atoms with E-state index in [2.05, 4.69) is 16.9 Å². The van der Waals surface area contributed by atoms with Crippen LogP contribution in [-0.4, -0.2) is 23.5 Å². The van der Waals surface area contributed by atoms with E-state index in [0.29, 0.717) is 6.04 Å². The van der Waals surface area contributed by atoms with Crippen molar-refractivity contribution < 1.29 is 0 Å². The van der Waals surface area contributed by atoms with Crippen LogP contribution in [0.15, 0.2) is 17.1 Å². The number of hydrogen-bond acceptors (Lipinski definition) is 2. The molecule has 3 heteroatoms. The second-order valence-corrected chi connectivity index (χ2v) is 4.07. The van der Waals surface area contributed by atoms with Gasteiger partial charge in [0.15, 0.2) is 0 Å². The first-order valence-electron chi connectivity index (χ1n) is 5.08. The molecule has 1 aliphatic rings. The van der Waals surface area contributed by atoms with E-state index in [1.165, 1.54) is 18.4 Å². The van der Waals surface area contributed by atoms with Crippen LogP contribution < -0.4 is 5.56 Å². The lowest BCUT2D eigenvalue weighted by Gasteiger charge is -2.20. The number of H-pyrrole nitrogens is 1. The van der Waals surface area contributed by atoms with Crippen molar-refractivity contribution >= 4 is 0 Å². The molecule has 0 amide bonds. The zero-order chi connectivity index (χ0) is 10.1. The van der Waals surface area contributed by atoms with E-state index < -0.39 is 0 Å². The van der Waals surface area contributed by atoms with Crippen LogP contribution in [0.2, 0.25) is 0 Å². The zero-order valence-corrected chi connectivity index (χ0v) is 8.71. The summed E-state index contributed by atoms with van der Waals surface area (Å²) in [6.45, 7) is 3.17. The van der Waals surface area contributed by atoms with Gasteiger partial charge in [0.25, 0.3) is 0 Å². The van der Waals surface area contributed by atoms with Crippen molar-refractivity contribution in [3.8, 4) is 0 Å². The van der Waals surface area contributed by atoms with Gasteiger partial charge >= 0.3 is 0 Å². The fraction of sp³-hybridized carbons (Fsp3) is 0.545. The molecule has 0 aliphatic carbocycles. The van der Waals surface area contributed by atoms with Crippen LogP contribution in [0, 0.1) is 6.92 Å². The molecular weight excluding hydrogens is 176 g/mol. The van der Waals surface area contributed by atoms with Gasteiger partial charge in [0.1, 0.15) is 0 Å². The number of likely N-dealkylation sites (tertiary alicyclic amines) is 1. The first-order chi connectivity index (χ1) is 6.68. The molecule has 1 N–H and O–H groups in total. The standard InChI is InChI=1S/C11H16N2O/c1-8-6-11(14)12-7-9(8)10-4-3-5-13(10)2/h6-7,10H,3-5H2,1-2H3,(H,12,14). The average molecular weight is 192 g/mol. The Hall–Kier alpha value is -1.09. The summed E-state index contributed by atoms with van der Waals surface area (Å²) < 4.78 is 0. The Labute approximate surface area is 83.8 Å². The highest BCUT2D eigenvalue weighted by Crippen LogP contribution is 2.30. The van der Waals surface area contributed by atoms with E-state index in [1.807, 2.05) is 13.1 Å². The summed E-state index contributed by atoms with van der Waals surface area (Å²) in [7, 11) is 2.14. The van der Waals surface area contributed by atoms with Crippen molar-refractivity contribution in [3.05, 3.63) is 33.7 Å². The van der Waals surface area contributed by atoms with Crippen LogP contribution in [0.3, 0.4) is 0 Å². The summed E-state index contributed by atoms with van der Waals surface area (Å²) in [6, 6.07) is 2.17. The molecule has 0 bridgehead atoms. The Kier molecular flexibility index (Phi) is 2.42. The first kappa shape index (κ1) is 9.46. The number of nitrogens with one attached hydrogen (secondary N) is 1. The highest BCUT2D eigenvalue weighted by atomic mass is 16.1. The number of aryl methyl sites for hydroxylation is 1. The molecule has 0 aromatic carbocycles. The third-order valence-electron chi connectivity index (χ3n) is 3.05. The third kappa shape index (κ3) is 1.60. The lowest BCUT2D eigenvalue weighted by Crippen LogP contribution is -2.19. The summed E-state index contributed by atoms with van der Waals surface area (Å²) >= 11 is 0. The van der Waals surface area contributed by atoms with Gasteiger partial charge in [-0.1, -0.05) is 0 Å².